The van der Waals surface area contributed by atoms with Crippen molar-refractivity contribution in [2.24, 2.45) is 0 Å². The van der Waals surface area contributed by atoms with Crippen molar-refractivity contribution in [3.63, 3.8) is 0 Å². The van der Waals surface area contributed by atoms with Gasteiger partial charge < -0.3 is 4.90 Å². The predicted molar refractivity (Wildman–Crippen MR) is 115 cm³/mol. The molecule has 1 aromatic heterocycles. The summed E-state index contributed by atoms with van der Waals surface area (Å²) < 4.78 is 15.7. The highest BCUT2D eigenvalue weighted by atomic mass is 35.5. The summed E-state index contributed by atoms with van der Waals surface area (Å²) in [5.41, 5.74) is 2.01. The van der Waals surface area contributed by atoms with Gasteiger partial charge in [-0.05, 0) is 80.6 Å². The largest absolute Gasteiger partial charge is 0.300 e. The summed E-state index contributed by atoms with van der Waals surface area (Å²) in [6, 6.07) is 10.2. The van der Waals surface area contributed by atoms with Gasteiger partial charge in [-0.25, -0.2) is 4.39 Å². The first-order valence-electron chi connectivity index (χ1n) is 10.1. The van der Waals surface area contributed by atoms with Crippen molar-refractivity contribution in [1.29, 1.82) is 0 Å². The lowest BCUT2D eigenvalue weighted by atomic mass is 9.85. The minimum atomic E-state index is -0.293. The maximum absolute atomic E-state index is 14.1. The number of fused-ring (bicyclic) bond motifs is 2. The molecule has 0 saturated carbocycles. The lowest BCUT2D eigenvalue weighted by Gasteiger charge is -2.34. The highest BCUT2D eigenvalue weighted by Gasteiger charge is 2.34. The fourth-order valence-corrected chi connectivity index (χ4v) is 5.61. The van der Waals surface area contributed by atoms with E-state index in [1.807, 2.05) is 6.20 Å². The highest BCUT2D eigenvalue weighted by molar-refractivity contribution is 6.40. The monoisotopic (exact) mass is 430 g/mol. The Balaban J connectivity index is 1.61. The third-order valence-electron chi connectivity index (χ3n) is 6.45. The van der Waals surface area contributed by atoms with Gasteiger partial charge in [0.2, 0.25) is 0 Å². The van der Waals surface area contributed by atoms with Crippen molar-refractivity contribution in [1.82, 2.24) is 9.47 Å². The van der Waals surface area contributed by atoms with Crippen molar-refractivity contribution in [3.8, 4) is 0 Å². The predicted octanol–water partition coefficient (Wildman–Crippen LogP) is 6.12. The van der Waals surface area contributed by atoms with Crippen molar-refractivity contribution >= 4 is 40.0 Å². The summed E-state index contributed by atoms with van der Waals surface area (Å²) >= 11 is 12.6. The Morgan fingerprint density at radius 1 is 1.07 bits per heavy atom. The zero-order valence-corrected chi connectivity index (χ0v) is 17.4. The maximum atomic E-state index is 14.1. The molecule has 2 saturated heterocycles. The van der Waals surface area contributed by atoms with Crippen LogP contribution >= 0.6 is 23.2 Å². The number of carbonyl (C=O) groups excluding carboxylic acids is 1. The van der Waals surface area contributed by atoms with E-state index in [0.717, 1.165) is 30.3 Å². The minimum Gasteiger partial charge on any atom is -0.300 e. The van der Waals surface area contributed by atoms with Crippen molar-refractivity contribution in [2.45, 2.75) is 37.6 Å². The molecule has 0 spiro atoms. The van der Waals surface area contributed by atoms with Crippen LogP contribution in [0.5, 0.6) is 0 Å². The lowest BCUT2D eigenvalue weighted by molar-refractivity contribution is 0.0965. The van der Waals surface area contributed by atoms with Gasteiger partial charge in [0.25, 0.3) is 5.91 Å². The molecule has 2 unspecified atom stereocenters. The van der Waals surface area contributed by atoms with Crippen molar-refractivity contribution in [2.75, 3.05) is 13.1 Å². The maximum Gasteiger partial charge on any atom is 0.265 e. The van der Waals surface area contributed by atoms with Gasteiger partial charge in [0.1, 0.15) is 5.82 Å². The van der Waals surface area contributed by atoms with Crippen LogP contribution in [0, 0.1) is 5.82 Å². The van der Waals surface area contributed by atoms with Gasteiger partial charge in [-0.3, -0.25) is 9.36 Å². The Morgan fingerprint density at radius 3 is 2.66 bits per heavy atom. The summed E-state index contributed by atoms with van der Waals surface area (Å²) in [4.78, 5) is 15.9. The Bertz CT molecular complexity index is 1090. The molecule has 0 amide bonds. The molecule has 3 nitrogen and oxygen atoms in total. The van der Waals surface area contributed by atoms with Gasteiger partial charge in [-0.1, -0.05) is 29.3 Å². The average Bonchev–Trinajstić information content (AvgIpc) is 3.31. The molecule has 0 bridgehead atoms. The first kappa shape index (κ1) is 19.1. The van der Waals surface area contributed by atoms with Gasteiger partial charge in [0.05, 0.1) is 21.1 Å². The van der Waals surface area contributed by atoms with E-state index in [2.05, 4.69) is 4.90 Å². The molecule has 3 aromatic rings. The second-order valence-corrected chi connectivity index (χ2v) is 8.89. The van der Waals surface area contributed by atoms with Crippen LogP contribution in [0.4, 0.5) is 4.39 Å². The molecule has 2 fully saturated rings. The van der Waals surface area contributed by atoms with Crippen molar-refractivity contribution in [3.05, 3.63) is 69.6 Å². The standard InChI is InChI=1S/C23H21Cl2FN2O/c24-19-4-1-5-20(25)22(19)23(29)28-13-18(17-12-15(26)6-7-21(17)28)14-8-10-27-9-2-3-16(27)11-14/h1,4-7,12-14,16H,2-3,8-11H2. The van der Waals surface area contributed by atoms with Crippen LogP contribution in [0.25, 0.3) is 10.9 Å². The Morgan fingerprint density at radius 2 is 1.86 bits per heavy atom. The van der Waals surface area contributed by atoms with Crippen LogP contribution < -0.4 is 0 Å². The molecule has 2 atom stereocenters. The van der Waals surface area contributed by atoms with Crippen LogP contribution in [0.3, 0.4) is 0 Å². The molecular formula is C23H21Cl2FN2O. The quantitative estimate of drug-likeness (QED) is 0.489. The number of halogens is 3. The second kappa shape index (κ2) is 7.42. The molecule has 6 heteroatoms. The first-order chi connectivity index (χ1) is 14.0. The topological polar surface area (TPSA) is 25.2 Å². The number of carbonyl (C=O) groups is 1. The zero-order chi connectivity index (χ0) is 20.1. The van der Waals surface area contributed by atoms with E-state index in [1.165, 1.54) is 25.5 Å². The molecule has 29 heavy (non-hydrogen) atoms. The lowest BCUT2D eigenvalue weighted by Crippen LogP contribution is -2.37. The number of hydrogen-bond donors (Lipinski definition) is 0. The van der Waals surface area contributed by atoms with Gasteiger partial charge in [0.15, 0.2) is 0 Å². The number of piperidine rings is 1. The van der Waals surface area contributed by atoms with E-state index in [9.17, 15) is 9.18 Å². The van der Waals surface area contributed by atoms with Crippen molar-refractivity contribution < 1.29 is 9.18 Å². The van der Waals surface area contributed by atoms with Gasteiger partial charge >= 0.3 is 0 Å². The SMILES string of the molecule is O=C(c1c(Cl)cccc1Cl)n1cc(C2CCN3CCCC3C2)c2cc(F)ccc21. The van der Waals surface area contributed by atoms with Gasteiger partial charge in [0, 0.05) is 17.6 Å². The third-order valence-corrected chi connectivity index (χ3v) is 7.08. The second-order valence-electron chi connectivity index (χ2n) is 8.07. The first-order valence-corrected chi connectivity index (χ1v) is 10.8. The number of nitrogens with zero attached hydrogens (tertiary/aromatic N) is 2. The fourth-order valence-electron chi connectivity index (χ4n) is 5.05. The molecule has 0 aliphatic carbocycles. The van der Waals surface area contributed by atoms with Crippen LogP contribution in [0.15, 0.2) is 42.6 Å². The summed E-state index contributed by atoms with van der Waals surface area (Å²) in [7, 11) is 0. The molecule has 5 rings (SSSR count). The third kappa shape index (κ3) is 3.27. The fraction of sp³-hybridized carbons (Fsp3) is 0.348. The molecule has 0 N–H and O–H groups in total. The van der Waals surface area contributed by atoms with Gasteiger partial charge in [-0.2, -0.15) is 0 Å². The van der Waals surface area contributed by atoms with Crippen LogP contribution in [0.1, 0.15) is 47.5 Å². The smallest absolute Gasteiger partial charge is 0.265 e. The van der Waals surface area contributed by atoms with E-state index in [0.29, 0.717) is 27.5 Å². The summed E-state index contributed by atoms with van der Waals surface area (Å²) in [6.45, 7) is 2.23. The highest BCUT2D eigenvalue weighted by Crippen LogP contribution is 2.40. The van der Waals surface area contributed by atoms with E-state index in [4.69, 9.17) is 23.2 Å². The molecular weight excluding hydrogens is 410 g/mol. The van der Waals surface area contributed by atoms with E-state index < -0.39 is 0 Å². The van der Waals surface area contributed by atoms with Gasteiger partial charge in [-0.15, -0.1) is 0 Å². The molecule has 2 aromatic carbocycles. The molecule has 2 aliphatic heterocycles. The summed E-state index contributed by atoms with van der Waals surface area (Å²) in [5.74, 6) is -0.269. The normalized spacial score (nSPS) is 22.2. The van der Waals surface area contributed by atoms with E-state index in [-0.39, 0.29) is 17.3 Å². The zero-order valence-electron chi connectivity index (χ0n) is 15.9. The van der Waals surface area contributed by atoms with Crippen LogP contribution in [0.2, 0.25) is 10.0 Å². The molecule has 0 radical (unpaired) electrons. The number of rotatable bonds is 2. The van der Waals surface area contributed by atoms with Crippen LogP contribution in [-0.4, -0.2) is 34.5 Å². The Hall–Kier alpha value is -1.88. The molecule has 150 valence electrons. The Labute approximate surface area is 179 Å². The summed E-state index contributed by atoms with van der Waals surface area (Å²) in [6.07, 6.45) is 6.42. The summed E-state index contributed by atoms with van der Waals surface area (Å²) in [5, 5.41) is 1.43. The number of benzene rings is 2. The number of aromatic nitrogens is 1. The van der Waals surface area contributed by atoms with Crippen LogP contribution in [-0.2, 0) is 0 Å². The average molecular weight is 431 g/mol. The van der Waals surface area contributed by atoms with E-state index in [1.54, 1.807) is 34.9 Å². The number of hydrogen-bond acceptors (Lipinski definition) is 2. The molecule has 2 aliphatic rings. The minimum absolute atomic E-state index is 0.272. The Kier molecular flexibility index (Phi) is 4.89. The molecule has 3 heterocycles. The van der Waals surface area contributed by atoms with E-state index >= 15 is 0 Å².